The minimum absolute atomic E-state index is 0.0468. The summed E-state index contributed by atoms with van der Waals surface area (Å²) >= 11 is 0. The Morgan fingerprint density at radius 1 is 0.744 bits per heavy atom. The first-order chi connectivity index (χ1) is 36.6. The van der Waals surface area contributed by atoms with Crippen LogP contribution in [0, 0.1) is 35.5 Å². The molecule has 0 aromatic heterocycles. The number of hydrogen-bond donors (Lipinski definition) is 12. The Labute approximate surface area is 466 Å². The molecule has 2 heterocycles. The number of nitrogens with zero attached hydrogens (tertiary/aromatic N) is 1. The third-order valence-electron chi connectivity index (χ3n) is 15.6. The number of cyclic esters (lactones) is 1. The highest BCUT2D eigenvalue weighted by atomic mass is 16.7. The molecule has 0 aromatic carbocycles. The second-order valence-corrected chi connectivity index (χ2v) is 23.4. The Balaban J connectivity index is 2.45. The highest BCUT2D eigenvalue weighted by Gasteiger charge is 2.50. The second kappa shape index (κ2) is 36.7. The van der Waals surface area contributed by atoms with E-state index in [1.807, 2.05) is 19.9 Å². The van der Waals surface area contributed by atoms with Crippen molar-refractivity contribution in [3.8, 4) is 0 Å². The highest BCUT2D eigenvalue weighted by Crippen LogP contribution is 2.36. The SMILES string of the molecule is CC1=CC=C[C@@H](C)[C@@H](O)C[C@H](O)[C@@H](C)[C@@H](O)CC[C@H](C)[C@@H](O)C[C@@]2(O)O[C@@H](C[C@@H](OC(=O)CCCCC(C)C)C[C@H](O)C[C@@H](O)C[C@H](O)C(C)=CC=C[C@H](C)[C@H]([C@@H](C)CCCC=CCCCN=C(N)N)OC1=O)C[C@@H](O)[C@@H]2O. The van der Waals surface area contributed by atoms with Crippen molar-refractivity contribution < 1.29 is 74.9 Å². The lowest BCUT2D eigenvalue weighted by atomic mass is 9.84. The van der Waals surface area contributed by atoms with Crippen molar-refractivity contribution >= 4 is 17.9 Å². The van der Waals surface area contributed by atoms with Crippen molar-refractivity contribution in [2.45, 2.75) is 257 Å². The molecule has 0 aliphatic carbocycles. The van der Waals surface area contributed by atoms with Crippen LogP contribution in [0.4, 0.5) is 0 Å². The Kier molecular flexibility index (Phi) is 33.2. The number of aliphatic hydroxyl groups is 10. The van der Waals surface area contributed by atoms with E-state index in [0.717, 1.165) is 44.9 Å². The number of carbonyl (C=O) groups excluding carboxylic acids is 2. The monoisotopic (exact) mass is 1110 g/mol. The summed E-state index contributed by atoms with van der Waals surface area (Å²) in [6.45, 7) is 17.2. The topological polar surface area (TPSA) is 329 Å². The van der Waals surface area contributed by atoms with E-state index in [1.54, 1.807) is 65.0 Å². The smallest absolute Gasteiger partial charge is 0.334 e. The van der Waals surface area contributed by atoms with Gasteiger partial charge in [-0.15, -0.1) is 0 Å². The van der Waals surface area contributed by atoms with Crippen molar-refractivity contribution in [2.24, 2.45) is 52.0 Å². The van der Waals surface area contributed by atoms with Crippen LogP contribution in [-0.4, -0.2) is 155 Å². The fourth-order valence-corrected chi connectivity index (χ4v) is 10.1. The third kappa shape index (κ3) is 27.3. The van der Waals surface area contributed by atoms with E-state index in [0.29, 0.717) is 30.0 Å². The Morgan fingerprint density at radius 3 is 2.05 bits per heavy atom. The molecular formula is C60H105N3O15. The van der Waals surface area contributed by atoms with Crippen molar-refractivity contribution in [1.29, 1.82) is 0 Å². The molecule has 14 N–H and O–H groups in total. The molecule has 1 saturated heterocycles. The molecule has 78 heavy (non-hydrogen) atoms. The van der Waals surface area contributed by atoms with Crippen molar-refractivity contribution in [1.82, 2.24) is 0 Å². The average molecular weight is 1110 g/mol. The molecule has 18 heteroatoms. The van der Waals surface area contributed by atoms with E-state index in [-0.39, 0.29) is 75.6 Å². The number of aliphatic imine (C=N–C) groups is 1. The van der Waals surface area contributed by atoms with Crippen molar-refractivity contribution in [3.63, 3.8) is 0 Å². The van der Waals surface area contributed by atoms with Crippen LogP contribution in [0.25, 0.3) is 0 Å². The van der Waals surface area contributed by atoms with Crippen LogP contribution in [0.1, 0.15) is 178 Å². The van der Waals surface area contributed by atoms with Gasteiger partial charge in [0.1, 0.15) is 18.3 Å². The van der Waals surface area contributed by atoms with Gasteiger partial charge in [0.25, 0.3) is 0 Å². The molecule has 0 aromatic rings. The zero-order valence-electron chi connectivity index (χ0n) is 48.6. The van der Waals surface area contributed by atoms with Gasteiger partial charge in [-0.2, -0.15) is 0 Å². The Bertz CT molecular complexity index is 1910. The van der Waals surface area contributed by atoms with Gasteiger partial charge in [-0.05, 0) is 95.0 Å². The molecule has 18 nitrogen and oxygen atoms in total. The molecule has 2 aliphatic rings. The number of fused-ring (bicyclic) bond motifs is 2. The maximum Gasteiger partial charge on any atom is 0.334 e. The van der Waals surface area contributed by atoms with E-state index in [1.165, 1.54) is 0 Å². The number of esters is 2. The van der Waals surface area contributed by atoms with Gasteiger partial charge >= 0.3 is 11.9 Å². The van der Waals surface area contributed by atoms with Gasteiger partial charge in [0.2, 0.25) is 0 Å². The molecule has 0 spiro atoms. The zero-order chi connectivity index (χ0) is 58.7. The maximum absolute atomic E-state index is 13.6. The van der Waals surface area contributed by atoms with E-state index >= 15 is 0 Å². The van der Waals surface area contributed by atoms with Gasteiger partial charge in [-0.3, -0.25) is 9.79 Å². The van der Waals surface area contributed by atoms with Gasteiger partial charge < -0.3 is 76.7 Å². The lowest BCUT2D eigenvalue weighted by Gasteiger charge is -2.45. The van der Waals surface area contributed by atoms with Gasteiger partial charge in [0, 0.05) is 74.8 Å². The van der Waals surface area contributed by atoms with Gasteiger partial charge in [0.05, 0.1) is 54.9 Å². The lowest BCUT2D eigenvalue weighted by Crippen LogP contribution is -2.60. The summed E-state index contributed by atoms with van der Waals surface area (Å²) in [4.78, 5) is 30.9. The number of nitrogens with two attached hydrogens (primary N) is 2. The molecular weight excluding hydrogens is 1000 g/mol. The van der Waals surface area contributed by atoms with Crippen molar-refractivity contribution in [2.75, 3.05) is 6.54 Å². The number of ether oxygens (including phenoxy) is 3. The van der Waals surface area contributed by atoms with Crippen LogP contribution in [0.3, 0.4) is 0 Å². The summed E-state index contributed by atoms with van der Waals surface area (Å²) in [7, 11) is 0. The van der Waals surface area contributed by atoms with Crippen molar-refractivity contribution in [3.05, 3.63) is 59.8 Å². The average Bonchev–Trinajstić information content (AvgIpc) is 3.36. The molecule has 2 aliphatic heterocycles. The molecule has 0 radical (unpaired) electrons. The van der Waals surface area contributed by atoms with Crippen LogP contribution in [-0.2, 0) is 23.8 Å². The van der Waals surface area contributed by atoms with Crippen LogP contribution in [0.15, 0.2) is 64.7 Å². The second-order valence-electron chi connectivity index (χ2n) is 23.4. The summed E-state index contributed by atoms with van der Waals surface area (Å²) in [6, 6.07) is 0. The van der Waals surface area contributed by atoms with E-state index in [9.17, 15) is 60.7 Å². The van der Waals surface area contributed by atoms with Crippen LogP contribution >= 0.6 is 0 Å². The number of carbonyl (C=O) groups is 2. The minimum atomic E-state index is -2.43. The molecule has 450 valence electrons. The number of unbranched alkanes of at least 4 members (excludes halogenated alkanes) is 3. The molecule has 0 saturated carbocycles. The summed E-state index contributed by atoms with van der Waals surface area (Å²) in [6.07, 6.45) is 6.50. The fourth-order valence-electron chi connectivity index (χ4n) is 10.1. The Morgan fingerprint density at radius 2 is 1.38 bits per heavy atom. The third-order valence-corrected chi connectivity index (χ3v) is 15.6. The van der Waals surface area contributed by atoms with E-state index in [4.69, 9.17) is 25.7 Å². The largest absolute Gasteiger partial charge is 0.462 e. The van der Waals surface area contributed by atoms with Gasteiger partial charge in [0.15, 0.2) is 11.7 Å². The molecule has 0 amide bonds. The zero-order valence-corrected chi connectivity index (χ0v) is 48.6. The lowest BCUT2D eigenvalue weighted by molar-refractivity contribution is -0.333. The highest BCUT2D eigenvalue weighted by molar-refractivity contribution is 5.88. The summed E-state index contributed by atoms with van der Waals surface area (Å²) < 4.78 is 18.1. The van der Waals surface area contributed by atoms with Crippen LogP contribution < -0.4 is 11.5 Å². The standard InChI is InChI=1S/C60H105N3O15/c1-37(2)20-15-16-26-55(72)76-47-31-45(64)30-46(65)32-50(67)38(3)22-18-24-42(7)56(41(6)21-14-12-10-11-13-17-29-63-59(61)62)77-58(74)43(8)25-19-23-39(4)51(68)35-52(69)44(9)49(66)28-27-40(5)54(71)36-60(75)57(73)53(70)34-48(33-47)78-60/h10-11,18-19,22-25,37,39-42,44-54,56-57,64-71,73,75H,12-17,20-21,26-36H2,1-9H3,(H4,61,62,63)/t39-,40+,41+,42+,44+,45-,46-,47+,48+,49+,50+,51+,52+,53-,54+,56+,57+,60-/m1/s1. The molecule has 1 fully saturated rings. The fraction of sp³-hybridized carbons (Fsp3) is 0.783. The summed E-state index contributed by atoms with van der Waals surface area (Å²) in [5, 5.41) is 112. The minimum Gasteiger partial charge on any atom is -0.462 e. The normalized spacial score (nSPS) is 35.0. The van der Waals surface area contributed by atoms with E-state index < -0.39 is 115 Å². The molecule has 2 bridgehead atoms. The first-order valence-corrected chi connectivity index (χ1v) is 29.0. The summed E-state index contributed by atoms with van der Waals surface area (Å²) in [5.74, 6) is -4.91. The van der Waals surface area contributed by atoms with Gasteiger partial charge in [-0.1, -0.05) is 110 Å². The van der Waals surface area contributed by atoms with Gasteiger partial charge in [-0.25, -0.2) is 4.79 Å². The Hall–Kier alpha value is -3.53. The first-order valence-electron chi connectivity index (χ1n) is 29.0. The number of aliphatic hydroxyl groups excluding tert-OH is 9. The van der Waals surface area contributed by atoms with Crippen LogP contribution in [0.2, 0.25) is 0 Å². The molecule has 0 unspecified atom stereocenters. The number of rotatable bonds is 15. The first kappa shape index (κ1) is 70.6. The number of guanidine groups is 1. The van der Waals surface area contributed by atoms with Crippen LogP contribution in [0.5, 0.6) is 0 Å². The number of hydrogen-bond acceptors (Lipinski definition) is 16. The molecule has 2 rings (SSSR count). The predicted octanol–water partition coefficient (Wildman–Crippen LogP) is 5.85. The maximum atomic E-state index is 13.6. The number of allylic oxidation sites excluding steroid dienone is 6. The quantitative estimate of drug-likeness (QED) is 0.0301. The van der Waals surface area contributed by atoms with E-state index in [2.05, 4.69) is 31.0 Å². The molecule has 18 atom stereocenters. The summed E-state index contributed by atoms with van der Waals surface area (Å²) in [5.41, 5.74) is 11.7. The predicted molar refractivity (Wildman–Crippen MR) is 303 cm³/mol.